The molecule has 1 atom stereocenters. The van der Waals surface area contributed by atoms with E-state index in [0.717, 1.165) is 16.1 Å². The van der Waals surface area contributed by atoms with E-state index in [1.807, 2.05) is 18.3 Å². The molecule has 0 amide bonds. The van der Waals surface area contributed by atoms with Crippen LogP contribution in [0.5, 0.6) is 0 Å². The summed E-state index contributed by atoms with van der Waals surface area (Å²) in [6.45, 7) is 1.99. The average Bonchev–Trinajstić information content (AvgIpc) is 2.80. The van der Waals surface area contributed by atoms with Gasteiger partial charge in [0, 0.05) is 4.88 Å². The Labute approximate surface area is 103 Å². The Balaban J connectivity index is 1.79. The van der Waals surface area contributed by atoms with E-state index in [1.165, 1.54) is 17.7 Å². The molecule has 1 aliphatic carbocycles. The molecule has 1 N–H and O–H groups in total. The molecule has 1 fully saturated rings. The third-order valence-corrected chi connectivity index (χ3v) is 4.47. The molecule has 0 spiro atoms. The highest BCUT2D eigenvalue weighted by Crippen LogP contribution is 2.44. The van der Waals surface area contributed by atoms with E-state index in [0.29, 0.717) is 6.04 Å². The van der Waals surface area contributed by atoms with Crippen molar-refractivity contribution in [1.82, 2.24) is 10.2 Å². The molecule has 3 rings (SSSR count). The van der Waals surface area contributed by atoms with Gasteiger partial charge in [-0.1, -0.05) is 17.4 Å². The van der Waals surface area contributed by atoms with Crippen LogP contribution >= 0.6 is 22.7 Å². The molecule has 0 aromatic carbocycles. The second-order valence-corrected chi connectivity index (χ2v) is 6.26. The average molecular weight is 251 g/mol. The number of aromatic nitrogens is 2. The summed E-state index contributed by atoms with van der Waals surface area (Å²) in [4.78, 5) is 1.41. The molecule has 1 saturated carbocycles. The summed E-state index contributed by atoms with van der Waals surface area (Å²) in [5, 5.41) is 15.8. The summed E-state index contributed by atoms with van der Waals surface area (Å²) in [7, 11) is 0. The van der Waals surface area contributed by atoms with Crippen molar-refractivity contribution < 1.29 is 0 Å². The molecule has 0 bridgehead atoms. The summed E-state index contributed by atoms with van der Waals surface area (Å²) in [6, 6.07) is 4.75. The Kier molecular flexibility index (Phi) is 2.65. The minimum Gasteiger partial charge on any atom is -0.352 e. The lowest BCUT2D eigenvalue weighted by atomic mass is 10.1. The van der Waals surface area contributed by atoms with E-state index in [9.17, 15) is 0 Å². The number of hydrogen-bond donors (Lipinski definition) is 1. The highest BCUT2D eigenvalue weighted by Gasteiger charge is 2.33. The predicted octanol–water partition coefficient (Wildman–Crippen LogP) is 3.47. The van der Waals surface area contributed by atoms with Crippen molar-refractivity contribution >= 4 is 27.8 Å². The van der Waals surface area contributed by atoms with Gasteiger partial charge >= 0.3 is 0 Å². The van der Waals surface area contributed by atoms with Gasteiger partial charge < -0.3 is 5.32 Å². The number of rotatable bonds is 4. The summed E-state index contributed by atoms with van der Waals surface area (Å²) >= 11 is 3.45. The first-order valence-electron chi connectivity index (χ1n) is 5.43. The van der Waals surface area contributed by atoms with Crippen LogP contribution in [-0.4, -0.2) is 10.2 Å². The summed E-state index contributed by atoms with van der Waals surface area (Å²) in [5.74, 6) is 0.780. The van der Waals surface area contributed by atoms with Gasteiger partial charge in [-0.15, -0.1) is 21.5 Å². The minimum absolute atomic E-state index is 0.437. The molecule has 0 saturated heterocycles. The normalized spacial score (nSPS) is 17.3. The van der Waals surface area contributed by atoms with Gasteiger partial charge in [-0.2, -0.15) is 0 Å². The van der Waals surface area contributed by atoms with E-state index in [2.05, 4.69) is 33.0 Å². The Morgan fingerprint density at radius 2 is 2.31 bits per heavy atom. The third kappa shape index (κ3) is 2.10. The highest BCUT2D eigenvalue weighted by molar-refractivity contribution is 7.15. The van der Waals surface area contributed by atoms with Crippen LogP contribution in [0, 0.1) is 12.8 Å². The van der Waals surface area contributed by atoms with E-state index >= 15 is 0 Å². The quantitative estimate of drug-likeness (QED) is 0.904. The van der Waals surface area contributed by atoms with Gasteiger partial charge in [0.15, 0.2) is 0 Å². The Hall–Kier alpha value is -0.940. The van der Waals surface area contributed by atoms with Crippen molar-refractivity contribution in [1.29, 1.82) is 0 Å². The number of aryl methyl sites for hydroxylation is 1. The molecule has 84 valence electrons. The number of nitrogens with zero attached hydrogens (tertiary/aromatic N) is 2. The zero-order valence-corrected chi connectivity index (χ0v) is 10.6. The zero-order valence-electron chi connectivity index (χ0n) is 9.01. The summed E-state index contributed by atoms with van der Waals surface area (Å²) < 4.78 is 0. The topological polar surface area (TPSA) is 37.8 Å². The molecule has 0 radical (unpaired) electrons. The molecule has 5 heteroatoms. The monoisotopic (exact) mass is 251 g/mol. The first kappa shape index (κ1) is 10.2. The van der Waals surface area contributed by atoms with E-state index < -0.39 is 0 Å². The lowest BCUT2D eigenvalue weighted by Gasteiger charge is -2.15. The molecule has 0 aliphatic heterocycles. The molecule has 1 aliphatic rings. The second-order valence-electron chi connectivity index (χ2n) is 4.10. The van der Waals surface area contributed by atoms with E-state index in [-0.39, 0.29) is 0 Å². The maximum atomic E-state index is 4.14. The predicted molar refractivity (Wildman–Crippen MR) is 68.1 cm³/mol. The largest absolute Gasteiger partial charge is 0.352 e. The van der Waals surface area contributed by atoms with E-state index in [1.54, 1.807) is 11.3 Å². The van der Waals surface area contributed by atoms with Gasteiger partial charge in [-0.05, 0) is 37.1 Å². The Bertz CT molecular complexity index is 459. The third-order valence-electron chi connectivity index (χ3n) is 2.75. The van der Waals surface area contributed by atoms with Gasteiger partial charge in [-0.3, -0.25) is 0 Å². The lowest BCUT2D eigenvalue weighted by Crippen LogP contribution is -2.11. The van der Waals surface area contributed by atoms with Crippen LogP contribution < -0.4 is 5.32 Å². The zero-order chi connectivity index (χ0) is 11.0. The molecule has 3 nitrogen and oxygen atoms in total. The fourth-order valence-corrected chi connectivity index (χ4v) is 3.31. The van der Waals surface area contributed by atoms with Crippen molar-refractivity contribution in [3.8, 4) is 0 Å². The smallest absolute Gasteiger partial charge is 0.206 e. The van der Waals surface area contributed by atoms with Crippen LogP contribution in [0.3, 0.4) is 0 Å². The molecule has 2 aromatic heterocycles. The van der Waals surface area contributed by atoms with Crippen molar-refractivity contribution in [2.75, 3.05) is 5.32 Å². The van der Waals surface area contributed by atoms with Crippen molar-refractivity contribution in [3.05, 3.63) is 27.4 Å². The lowest BCUT2D eigenvalue weighted by molar-refractivity contribution is 0.688. The van der Waals surface area contributed by atoms with Crippen LogP contribution in [0.1, 0.15) is 28.8 Å². The van der Waals surface area contributed by atoms with Crippen molar-refractivity contribution in [2.45, 2.75) is 25.8 Å². The summed E-state index contributed by atoms with van der Waals surface area (Å²) in [5.41, 5.74) is 0. The first-order valence-corrected chi connectivity index (χ1v) is 7.12. The van der Waals surface area contributed by atoms with Gasteiger partial charge in [0.05, 0.1) is 6.04 Å². The van der Waals surface area contributed by atoms with Crippen LogP contribution in [0.15, 0.2) is 17.5 Å². The van der Waals surface area contributed by atoms with Crippen LogP contribution in [-0.2, 0) is 0 Å². The maximum Gasteiger partial charge on any atom is 0.206 e. The van der Waals surface area contributed by atoms with Crippen LogP contribution in [0.2, 0.25) is 0 Å². The van der Waals surface area contributed by atoms with E-state index in [4.69, 9.17) is 0 Å². The Morgan fingerprint density at radius 1 is 1.44 bits per heavy atom. The standard InChI is InChI=1S/C11H13N3S2/c1-7-13-14-11(16-7)12-10(8-4-5-8)9-3-2-6-15-9/h2-3,6,8,10H,4-5H2,1H3,(H,12,14). The fraction of sp³-hybridized carbons (Fsp3) is 0.455. The molecule has 16 heavy (non-hydrogen) atoms. The molecule has 2 heterocycles. The Morgan fingerprint density at radius 3 is 2.88 bits per heavy atom. The van der Waals surface area contributed by atoms with Crippen LogP contribution in [0.25, 0.3) is 0 Å². The van der Waals surface area contributed by atoms with Crippen LogP contribution in [0.4, 0.5) is 5.13 Å². The number of hydrogen-bond acceptors (Lipinski definition) is 5. The maximum absolute atomic E-state index is 4.14. The first-order chi connectivity index (χ1) is 7.83. The minimum atomic E-state index is 0.437. The van der Waals surface area contributed by atoms with Crippen molar-refractivity contribution in [3.63, 3.8) is 0 Å². The molecule has 2 aromatic rings. The van der Waals surface area contributed by atoms with Gasteiger partial charge in [0.2, 0.25) is 5.13 Å². The highest BCUT2D eigenvalue weighted by atomic mass is 32.1. The second kappa shape index (κ2) is 4.14. The van der Waals surface area contributed by atoms with Gasteiger partial charge in [0.25, 0.3) is 0 Å². The SMILES string of the molecule is Cc1nnc(NC(c2cccs2)C2CC2)s1. The number of nitrogens with one attached hydrogen (secondary N) is 1. The summed E-state index contributed by atoms with van der Waals surface area (Å²) in [6.07, 6.45) is 2.65. The number of anilines is 1. The molecular weight excluding hydrogens is 238 g/mol. The van der Waals surface area contributed by atoms with Crippen molar-refractivity contribution in [2.24, 2.45) is 5.92 Å². The molecular formula is C11H13N3S2. The molecule has 1 unspecified atom stereocenters. The van der Waals surface area contributed by atoms with Gasteiger partial charge in [0.1, 0.15) is 5.01 Å². The fourth-order valence-electron chi connectivity index (χ4n) is 1.81. The number of thiophene rings is 1. The van der Waals surface area contributed by atoms with Gasteiger partial charge in [-0.25, -0.2) is 0 Å².